The van der Waals surface area contributed by atoms with Crippen LogP contribution in [-0.2, 0) is 6.54 Å². The number of anilines is 1. The number of hydrogen-bond acceptors (Lipinski definition) is 5. The number of thiazole rings is 1. The van der Waals surface area contributed by atoms with Crippen LogP contribution < -0.4 is 4.90 Å². The van der Waals surface area contributed by atoms with Gasteiger partial charge in [-0.3, -0.25) is 14.4 Å². The van der Waals surface area contributed by atoms with Crippen LogP contribution >= 0.6 is 23.1 Å². The molecule has 29 heavy (non-hydrogen) atoms. The van der Waals surface area contributed by atoms with Gasteiger partial charge in [-0.05, 0) is 54.3 Å². The van der Waals surface area contributed by atoms with Crippen molar-refractivity contribution < 1.29 is 9.18 Å². The number of fused-ring (bicyclic) bond motifs is 1. The molecule has 0 aliphatic heterocycles. The van der Waals surface area contributed by atoms with Crippen molar-refractivity contribution >= 4 is 44.4 Å². The molecule has 0 bridgehead atoms. The van der Waals surface area contributed by atoms with E-state index in [-0.39, 0.29) is 11.7 Å². The monoisotopic (exact) mass is 426 g/mol. The Kier molecular flexibility index (Phi) is 5.92. The number of hydrogen-bond donors (Lipinski definition) is 0. The topological polar surface area (TPSA) is 51.0 Å². The van der Waals surface area contributed by atoms with Crippen LogP contribution in [0.25, 0.3) is 10.2 Å². The Balaban J connectivity index is 1.65. The lowest BCUT2D eigenvalue weighted by Crippen LogP contribution is -2.34. The average Bonchev–Trinajstić information content (AvgIpc) is 3.38. The molecule has 0 saturated carbocycles. The first kappa shape index (κ1) is 19.6. The highest BCUT2D eigenvalue weighted by atomic mass is 32.2. The molecule has 0 aliphatic carbocycles. The number of rotatable bonds is 7. The number of amides is 1. The van der Waals surface area contributed by atoms with E-state index in [0.717, 1.165) is 10.6 Å². The van der Waals surface area contributed by atoms with Gasteiger partial charge in [0.25, 0.3) is 5.91 Å². The first-order valence-electron chi connectivity index (χ1n) is 9.22. The predicted octanol–water partition coefficient (Wildman–Crippen LogP) is 5.09. The van der Waals surface area contributed by atoms with Crippen molar-refractivity contribution in [2.75, 3.05) is 17.2 Å². The number of benzene rings is 2. The van der Waals surface area contributed by atoms with Gasteiger partial charge in [0.15, 0.2) is 5.13 Å². The molecule has 0 unspecified atom stereocenters. The van der Waals surface area contributed by atoms with E-state index in [9.17, 15) is 9.18 Å². The van der Waals surface area contributed by atoms with E-state index < -0.39 is 0 Å². The van der Waals surface area contributed by atoms with Crippen molar-refractivity contribution in [3.63, 3.8) is 0 Å². The SMILES string of the molecule is CCSc1ccc(C(=O)N(CCn2cccn2)c2nc3ccc(F)cc3s2)cc1. The van der Waals surface area contributed by atoms with E-state index >= 15 is 0 Å². The number of carbonyl (C=O) groups is 1. The zero-order valence-electron chi connectivity index (χ0n) is 15.8. The van der Waals surface area contributed by atoms with Crippen LogP contribution in [0.15, 0.2) is 65.8 Å². The molecule has 4 rings (SSSR count). The highest BCUT2D eigenvalue weighted by molar-refractivity contribution is 7.99. The normalized spacial score (nSPS) is 11.1. The van der Waals surface area contributed by atoms with Crippen LogP contribution in [0, 0.1) is 5.82 Å². The summed E-state index contributed by atoms with van der Waals surface area (Å²) in [5, 5.41) is 4.76. The summed E-state index contributed by atoms with van der Waals surface area (Å²) in [6, 6.07) is 13.9. The van der Waals surface area contributed by atoms with E-state index in [4.69, 9.17) is 0 Å². The second-order valence-electron chi connectivity index (χ2n) is 6.29. The quantitative estimate of drug-likeness (QED) is 0.386. The number of aromatic nitrogens is 3. The molecule has 2 aromatic carbocycles. The molecule has 148 valence electrons. The van der Waals surface area contributed by atoms with E-state index in [2.05, 4.69) is 17.0 Å². The smallest absolute Gasteiger partial charge is 0.260 e. The van der Waals surface area contributed by atoms with Gasteiger partial charge in [-0.15, -0.1) is 11.8 Å². The first-order chi connectivity index (χ1) is 14.1. The standard InChI is InChI=1S/C21H19FN4OS2/c1-2-28-17-7-4-15(5-8-17)20(27)26(13-12-25-11-3-10-23-25)21-24-18-9-6-16(22)14-19(18)29-21/h3-11,14H,2,12-13H2,1H3. The minimum atomic E-state index is -0.314. The lowest BCUT2D eigenvalue weighted by Gasteiger charge is -2.20. The summed E-state index contributed by atoms with van der Waals surface area (Å²) in [6.45, 7) is 3.04. The fourth-order valence-corrected chi connectivity index (χ4v) is 4.61. The fraction of sp³-hybridized carbons (Fsp3) is 0.190. The van der Waals surface area contributed by atoms with Gasteiger partial charge < -0.3 is 0 Å². The van der Waals surface area contributed by atoms with Crippen LogP contribution in [0.5, 0.6) is 0 Å². The zero-order chi connectivity index (χ0) is 20.2. The molecule has 0 saturated heterocycles. The Bertz CT molecular complexity index is 1110. The number of halogens is 1. The van der Waals surface area contributed by atoms with Crippen LogP contribution in [0.2, 0.25) is 0 Å². The zero-order valence-corrected chi connectivity index (χ0v) is 17.4. The molecule has 2 heterocycles. The average molecular weight is 427 g/mol. The Morgan fingerprint density at radius 1 is 1.24 bits per heavy atom. The van der Waals surface area contributed by atoms with Crippen molar-refractivity contribution in [1.29, 1.82) is 0 Å². The molecule has 8 heteroatoms. The van der Waals surface area contributed by atoms with E-state index in [0.29, 0.717) is 34.0 Å². The fourth-order valence-electron chi connectivity index (χ4n) is 2.94. The van der Waals surface area contributed by atoms with Crippen LogP contribution in [-0.4, -0.2) is 33.0 Å². The van der Waals surface area contributed by atoms with Gasteiger partial charge >= 0.3 is 0 Å². The van der Waals surface area contributed by atoms with Gasteiger partial charge in [0.1, 0.15) is 5.82 Å². The summed E-state index contributed by atoms with van der Waals surface area (Å²) in [5.41, 5.74) is 1.27. The molecule has 0 spiro atoms. The van der Waals surface area contributed by atoms with Crippen LogP contribution in [0.3, 0.4) is 0 Å². The second kappa shape index (κ2) is 8.75. The number of thioether (sulfide) groups is 1. The Morgan fingerprint density at radius 2 is 2.07 bits per heavy atom. The molecule has 2 aromatic heterocycles. The van der Waals surface area contributed by atoms with Gasteiger partial charge in [0.2, 0.25) is 0 Å². The lowest BCUT2D eigenvalue weighted by atomic mass is 10.2. The van der Waals surface area contributed by atoms with Gasteiger partial charge in [-0.2, -0.15) is 5.10 Å². The number of carbonyl (C=O) groups excluding carboxylic acids is 1. The Morgan fingerprint density at radius 3 is 2.79 bits per heavy atom. The summed E-state index contributed by atoms with van der Waals surface area (Å²) in [5.74, 6) is 0.529. The van der Waals surface area contributed by atoms with Crippen LogP contribution in [0.1, 0.15) is 17.3 Å². The predicted molar refractivity (Wildman–Crippen MR) is 116 cm³/mol. The van der Waals surface area contributed by atoms with Gasteiger partial charge in [-0.1, -0.05) is 18.3 Å². The first-order valence-corrected chi connectivity index (χ1v) is 11.0. The van der Waals surface area contributed by atoms with Gasteiger partial charge in [0, 0.05) is 29.4 Å². The van der Waals surface area contributed by atoms with Crippen molar-refractivity contribution in [2.45, 2.75) is 18.4 Å². The molecule has 4 aromatic rings. The molecular formula is C21H19FN4OS2. The second-order valence-corrected chi connectivity index (χ2v) is 8.64. The van der Waals surface area contributed by atoms with E-state index in [1.807, 2.05) is 36.5 Å². The van der Waals surface area contributed by atoms with Crippen molar-refractivity contribution in [3.05, 3.63) is 72.3 Å². The number of nitrogens with zero attached hydrogens (tertiary/aromatic N) is 4. The van der Waals surface area contributed by atoms with E-state index in [1.165, 1.54) is 23.5 Å². The molecule has 5 nitrogen and oxygen atoms in total. The highest BCUT2D eigenvalue weighted by Crippen LogP contribution is 2.30. The minimum absolute atomic E-state index is 0.135. The van der Waals surface area contributed by atoms with Crippen molar-refractivity contribution in [2.24, 2.45) is 0 Å². The minimum Gasteiger partial charge on any atom is -0.282 e. The van der Waals surface area contributed by atoms with E-state index in [1.54, 1.807) is 33.6 Å². The summed E-state index contributed by atoms with van der Waals surface area (Å²) in [6.07, 6.45) is 3.56. The molecule has 0 N–H and O–H groups in total. The largest absolute Gasteiger partial charge is 0.282 e. The maximum atomic E-state index is 13.6. The molecule has 1 amide bonds. The van der Waals surface area contributed by atoms with Gasteiger partial charge in [-0.25, -0.2) is 9.37 Å². The maximum Gasteiger partial charge on any atom is 0.260 e. The Hall–Kier alpha value is -2.71. The molecule has 0 radical (unpaired) electrons. The van der Waals surface area contributed by atoms with Gasteiger partial charge in [0.05, 0.1) is 16.8 Å². The summed E-state index contributed by atoms with van der Waals surface area (Å²) in [7, 11) is 0. The summed E-state index contributed by atoms with van der Waals surface area (Å²) < 4.78 is 16.1. The third kappa shape index (κ3) is 4.49. The Labute approximate surface area is 176 Å². The molecule has 0 aliphatic rings. The van der Waals surface area contributed by atoms with Crippen molar-refractivity contribution in [1.82, 2.24) is 14.8 Å². The van der Waals surface area contributed by atoms with Crippen molar-refractivity contribution in [3.8, 4) is 0 Å². The highest BCUT2D eigenvalue weighted by Gasteiger charge is 2.21. The summed E-state index contributed by atoms with van der Waals surface area (Å²) >= 11 is 3.04. The van der Waals surface area contributed by atoms with Crippen LogP contribution in [0.4, 0.5) is 9.52 Å². The third-order valence-corrected chi connectivity index (χ3v) is 6.27. The maximum absolute atomic E-state index is 13.6. The lowest BCUT2D eigenvalue weighted by molar-refractivity contribution is 0.0985. The third-order valence-electron chi connectivity index (χ3n) is 4.34. The molecular weight excluding hydrogens is 407 g/mol. The summed E-state index contributed by atoms with van der Waals surface area (Å²) in [4.78, 5) is 20.6. The molecule has 0 atom stereocenters. The molecule has 0 fully saturated rings.